The van der Waals surface area contributed by atoms with Crippen molar-refractivity contribution in [2.75, 3.05) is 13.1 Å². The van der Waals surface area contributed by atoms with Crippen molar-refractivity contribution in [1.29, 1.82) is 0 Å². The third kappa shape index (κ3) is 3.74. The van der Waals surface area contributed by atoms with Crippen LogP contribution in [0.1, 0.15) is 30.3 Å². The molecule has 4 heterocycles. The lowest BCUT2D eigenvalue weighted by Crippen LogP contribution is -2.40. The molecule has 2 N–H and O–H groups in total. The van der Waals surface area contributed by atoms with Crippen LogP contribution in [0.25, 0.3) is 11.5 Å². The van der Waals surface area contributed by atoms with Gasteiger partial charge in [-0.15, -0.1) is 10.2 Å². The van der Waals surface area contributed by atoms with E-state index in [1.165, 1.54) is 11.3 Å². The monoisotopic (exact) mass is 372 g/mol. The minimum absolute atomic E-state index is 0.133. The molecule has 1 saturated heterocycles. The summed E-state index contributed by atoms with van der Waals surface area (Å²) in [5.74, 6) is 0.736. The first-order valence-electron chi connectivity index (χ1n) is 8.30. The summed E-state index contributed by atoms with van der Waals surface area (Å²) in [5, 5.41) is 26.8. The number of nitrogens with zero attached hydrogens (tertiary/aromatic N) is 7. The Kier molecular flexibility index (Phi) is 4.70. The van der Waals surface area contributed by atoms with Crippen LogP contribution in [0.5, 0.6) is 0 Å². The van der Waals surface area contributed by atoms with Crippen molar-refractivity contribution in [1.82, 2.24) is 40.6 Å². The summed E-state index contributed by atoms with van der Waals surface area (Å²) in [6, 6.07) is 3.56. The SMILES string of the molecule is O=C(O)N1CCC(OC(c2ccnc(-c3nn[nH]n3)c2)c2ncon2)CC1. The van der Waals surface area contributed by atoms with Crippen LogP contribution in [-0.4, -0.2) is 71.0 Å². The van der Waals surface area contributed by atoms with Crippen LogP contribution in [-0.2, 0) is 4.74 Å². The molecule has 0 radical (unpaired) electrons. The number of tetrazole rings is 1. The lowest BCUT2D eigenvalue weighted by molar-refractivity contribution is -0.0280. The zero-order valence-electron chi connectivity index (χ0n) is 14.1. The molecule has 0 aliphatic carbocycles. The Morgan fingerprint density at radius 3 is 2.89 bits per heavy atom. The normalized spacial score (nSPS) is 16.4. The molecule has 1 fully saturated rings. The first-order valence-corrected chi connectivity index (χ1v) is 8.30. The summed E-state index contributed by atoms with van der Waals surface area (Å²) >= 11 is 0. The average Bonchev–Trinajstić information content (AvgIpc) is 3.40. The van der Waals surface area contributed by atoms with E-state index >= 15 is 0 Å². The fourth-order valence-corrected chi connectivity index (χ4v) is 2.96. The predicted molar refractivity (Wildman–Crippen MR) is 87.3 cm³/mol. The fraction of sp³-hybridized carbons (Fsp3) is 0.400. The zero-order chi connectivity index (χ0) is 18.6. The van der Waals surface area contributed by atoms with Crippen molar-refractivity contribution in [3.05, 3.63) is 36.1 Å². The molecule has 1 aliphatic heterocycles. The Hall–Kier alpha value is -3.41. The molecule has 3 aromatic rings. The molecule has 1 aliphatic rings. The van der Waals surface area contributed by atoms with E-state index in [9.17, 15) is 4.79 Å². The second-order valence-electron chi connectivity index (χ2n) is 5.98. The lowest BCUT2D eigenvalue weighted by atomic mass is 10.1. The van der Waals surface area contributed by atoms with Gasteiger partial charge in [0.15, 0.2) is 0 Å². The van der Waals surface area contributed by atoms with Gasteiger partial charge >= 0.3 is 6.09 Å². The third-order valence-corrected chi connectivity index (χ3v) is 4.32. The highest BCUT2D eigenvalue weighted by molar-refractivity contribution is 5.65. The quantitative estimate of drug-likeness (QED) is 0.659. The van der Waals surface area contributed by atoms with Crippen LogP contribution in [0.3, 0.4) is 0 Å². The number of carboxylic acid groups (broad SMARTS) is 1. The number of pyridine rings is 1. The third-order valence-electron chi connectivity index (χ3n) is 4.32. The highest BCUT2D eigenvalue weighted by Crippen LogP contribution is 2.29. The Morgan fingerprint density at radius 1 is 1.37 bits per heavy atom. The molecule has 3 aromatic heterocycles. The van der Waals surface area contributed by atoms with Gasteiger partial charge in [0.1, 0.15) is 11.8 Å². The average molecular weight is 372 g/mol. The van der Waals surface area contributed by atoms with Gasteiger partial charge in [-0.3, -0.25) is 4.98 Å². The van der Waals surface area contributed by atoms with Gasteiger partial charge in [0.05, 0.1) is 6.10 Å². The fourth-order valence-electron chi connectivity index (χ4n) is 2.96. The van der Waals surface area contributed by atoms with Crippen LogP contribution in [0.2, 0.25) is 0 Å². The highest BCUT2D eigenvalue weighted by Gasteiger charge is 2.29. The first-order chi connectivity index (χ1) is 13.2. The summed E-state index contributed by atoms with van der Waals surface area (Å²) in [6.07, 6.45) is 2.39. The minimum atomic E-state index is -0.915. The highest BCUT2D eigenvalue weighted by atomic mass is 16.5. The van der Waals surface area contributed by atoms with Crippen molar-refractivity contribution in [2.45, 2.75) is 25.0 Å². The molecule has 0 saturated carbocycles. The molecule has 140 valence electrons. The molecule has 1 atom stereocenters. The summed E-state index contributed by atoms with van der Waals surface area (Å²) in [5.41, 5.74) is 1.28. The van der Waals surface area contributed by atoms with Crippen LogP contribution >= 0.6 is 0 Å². The second kappa shape index (κ2) is 7.45. The second-order valence-corrected chi connectivity index (χ2v) is 5.98. The number of aromatic nitrogens is 7. The number of aromatic amines is 1. The summed E-state index contributed by atoms with van der Waals surface area (Å²) in [6.45, 7) is 0.840. The Balaban J connectivity index is 1.56. The Labute approximate surface area is 152 Å². The van der Waals surface area contributed by atoms with E-state index in [-0.39, 0.29) is 6.10 Å². The molecule has 12 heteroatoms. The van der Waals surface area contributed by atoms with Crippen molar-refractivity contribution >= 4 is 6.09 Å². The van der Waals surface area contributed by atoms with Crippen molar-refractivity contribution in [3.63, 3.8) is 0 Å². The molecular formula is C15H16N8O4. The number of H-pyrrole nitrogens is 1. The molecule has 1 amide bonds. The van der Waals surface area contributed by atoms with Gasteiger partial charge in [0.25, 0.3) is 0 Å². The van der Waals surface area contributed by atoms with Gasteiger partial charge in [-0.2, -0.15) is 10.2 Å². The number of likely N-dealkylation sites (tertiary alicyclic amines) is 1. The van der Waals surface area contributed by atoms with E-state index < -0.39 is 12.2 Å². The molecular weight excluding hydrogens is 356 g/mol. The van der Waals surface area contributed by atoms with Crippen LogP contribution < -0.4 is 0 Å². The number of piperidine rings is 1. The van der Waals surface area contributed by atoms with Crippen molar-refractivity contribution < 1.29 is 19.2 Å². The van der Waals surface area contributed by atoms with E-state index in [1.54, 1.807) is 18.3 Å². The Bertz CT molecular complexity index is 877. The van der Waals surface area contributed by atoms with Crippen molar-refractivity contribution in [2.24, 2.45) is 0 Å². The number of hydrogen-bond donors (Lipinski definition) is 2. The maximum Gasteiger partial charge on any atom is 0.407 e. The van der Waals surface area contributed by atoms with Crippen LogP contribution in [0, 0.1) is 0 Å². The van der Waals surface area contributed by atoms with E-state index in [4.69, 9.17) is 14.4 Å². The molecule has 4 rings (SSSR count). The lowest BCUT2D eigenvalue weighted by Gasteiger charge is -2.31. The van der Waals surface area contributed by atoms with Gasteiger partial charge in [0, 0.05) is 19.3 Å². The van der Waals surface area contributed by atoms with Crippen LogP contribution in [0.4, 0.5) is 4.79 Å². The number of carbonyl (C=O) groups is 1. The predicted octanol–water partition coefficient (Wildman–Crippen LogP) is 0.893. The molecule has 12 nitrogen and oxygen atoms in total. The molecule has 27 heavy (non-hydrogen) atoms. The van der Waals surface area contributed by atoms with Crippen molar-refractivity contribution in [3.8, 4) is 11.5 Å². The van der Waals surface area contributed by atoms with Gasteiger partial charge in [0.2, 0.25) is 18.0 Å². The van der Waals surface area contributed by atoms with Crippen LogP contribution in [0.15, 0.2) is 29.2 Å². The maximum absolute atomic E-state index is 11.1. The number of ether oxygens (including phenoxy) is 1. The zero-order valence-corrected chi connectivity index (χ0v) is 14.1. The molecule has 0 bridgehead atoms. The summed E-state index contributed by atoms with van der Waals surface area (Å²) < 4.78 is 11.1. The van der Waals surface area contributed by atoms with Gasteiger partial charge in [-0.1, -0.05) is 5.16 Å². The maximum atomic E-state index is 11.1. The largest absolute Gasteiger partial charge is 0.465 e. The van der Waals surface area contributed by atoms with E-state index in [0.717, 1.165) is 5.56 Å². The standard InChI is InChI=1S/C15H16N8O4/c24-15(25)23-5-2-10(3-6-23)27-12(14-17-8-26-20-14)9-1-4-16-11(7-9)13-18-21-22-19-13/h1,4,7-8,10,12H,2-3,5-6H2,(H,24,25)(H,18,19,21,22). The van der Waals surface area contributed by atoms with Gasteiger partial charge in [-0.25, -0.2) is 4.79 Å². The number of hydrogen-bond acceptors (Lipinski definition) is 9. The number of amides is 1. The minimum Gasteiger partial charge on any atom is -0.465 e. The van der Waals surface area contributed by atoms with E-state index in [1.807, 2.05) is 0 Å². The van der Waals surface area contributed by atoms with Gasteiger partial charge < -0.3 is 19.3 Å². The number of rotatable bonds is 5. The molecule has 0 aromatic carbocycles. The number of nitrogens with one attached hydrogen (secondary N) is 1. The smallest absolute Gasteiger partial charge is 0.407 e. The first kappa shape index (κ1) is 17.0. The van der Waals surface area contributed by atoms with Gasteiger partial charge in [-0.05, 0) is 35.8 Å². The molecule has 1 unspecified atom stereocenters. The van der Waals surface area contributed by atoms with E-state index in [0.29, 0.717) is 43.3 Å². The summed E-state index contributed by atoms with van der Waals surface area (Å²) in [7, 11) is 0. The molecule has 0 spiro atoms. The summed E-state index contributed by atoms with van der Waals surface area (Å²) in [4.78, 5) is 20.8. The van der Waals surface area contributed by atoms with E-state index in [2.05, 4.69) is 35.7 Å². The topological polar surface area (TPSA) is 156 Å². The Morgan fingerprint density at radius 2 is 2.22 bits per heavy atom.